The van der Waals surface area contributed by atoms with Crippen LogP contribution in [0.2, 0.25) is 0 Å². The first-order chi connectivity index (χ1) is 9.67. The summed E-state index contributed by atoms with van der Waals surface area (Å²) in [6, 6.07) is -0.507. The second kappa shape index (κ2) is 9.25. The van der Waals surface area contributed by atoms with Gasteiger partial charge >= 0.3 is 5.97 Å². The average Bonchev–Trinajstić information content (AvgIpc) is 2.46. The van der Waals surface area contributed by atoms with E-state index < -0.39 is 12.0 Å². The fourth-order valence-corrected chi connectivity index (χ4v) is 1.74. The van der Waals surface area contributed by atoms with Gasteiger partial charge < -0.3 is 15.7 Å². The van der Waals surface area contributed by atoms with Crippen LogP contribution in [-0.4, -0.2) is 33.6 Å². The molecule has 1 rings (SSSR count). The lowest BCUT2D eigenvalue weighted by atomic mass is 10.1. The second-order valence-corrected chi connectivity index (χ2v) is 4.76. The van der Waals surface area contributed by atoms with E-state index in [1.54, 1.807) is 12.4 Å². The number of aliphatic carboxylic acids is 1. The minimum absolute atomic E-state index is 0.467. The van der Waals surface area contributed by atoms with Gasteiger partial charge in [0.1, 0.15) is 6.04 Å². The quantitative estimate of drug-likeness (QED) is 0.608. The van der Waals surface area contributed by atoms with Gasteiger partial charge in [-0.25, -0.2) is 9.97 Å². The van der Waals surface area contributed by atoms with Crippen molar-refractivity contribution >= 4 is 11.9 Å². The molecular formula is C14H24N4O2. The first kappa shape index (κ1) is 16.4. The largest absolute Gasteiger partial charge is 0.480 e. The van der Waals surface area contributed by atoms with Crippen molar-refractivity contribution in [2.75, 3.05) is 11.9 Å². The first-order valence-corrected chi connectivity index (χ1v) is 7.18. The molecular weight excluding hydrogens is 256 g/mol. The zero-order valence-corrected chi connectivity index (χ0v) is 12.2. The zero-order valence-electron chi connectivity index (χ0n) is 12.2. The molecule has 3 N–H and O–H groups in total. The van der Waals surface area contributed by atoms with Crippen LogP contribution in [0, 0.1) is 0 Å². The third-order valence-electron chi connectivity index (χ3n) is 2.94. The van der Waals surface area contributed by atoms with Crippen LogP contribution in [-0.2, 0) is 11.3 Å². The molecule has 0 saturated carbocycles. The van der Waals surface area contributed by atoms with Crippen molar-refractivity contribution in [2.45, 2.75) is 52.1 Å². The summed E-state index contributed by atoms with van der Waals surface area (Å²) in [5.74, 6) is -0.197. The van der Waals surface area contributed by atoms with Crippen LogP contribution in [0.1, 0.15) is 45.1 Å². The Morgan fingerprint density at radius 3 is 2.55 bits per heavy atom. The molecule has 0 fully saturated rings. The van der Waals surface area contributed by atoms with Crippen molar-refractivity contribution in [3.63, 3.8) is 0 Å². The molecule has 0 saturated heterocycles. The SMILES string of the molecule is CCCC[C@H](NCc1cnc(NCCC)nc1)C(=O)O. The molecule has 0 radical (unpaired) electrons. The van der Waals surface area contributed by atoms with Gasteiger partial charge in [0.2, 0.25) is 5.95 Å². The molecule has 0 aromatic carbocycles. The van der Waals surface area contributed by atoms with Crippen LogP contribution in [0.15, 0.2) is 12.4 Å². The number of carboxylic acids is 1. The summed E-state index contributed by atoms with van der Waals surface area (Å²) in [6.07, 6.45) is 6.99. The van der Waals surface area contributed by atoms with Gasteiger partial charge in [-0.15, -0.1) is 0 Å². The average molecular weight is 280 g/mol. The van der Waals surface area contributed by atoms with Crippen LogP contribution < -0.4 is 10.6 Å². The Morgan fingerprint density at radius 2 is 2.00 bits per heavy atom. The highest BCUT2D eigenvalue weighted by Gasteiger charge is 2.15. The van der Waals surface area contributed by atoms with Gasteiger partial charge in [-0.3, -0.25) is 4.79 Å². The number of rotatable bonds is 10. The Kier molecular flexibility index (Phi) is 7.57. The van der Waals surface area contributed by atoms with Gasteiger partial charge in [0.25, 0.3) is 0 Å². The van der Waals surface area contributed by atoms with Crippen molar-refractivity contribution in [3.8, 4) is 0 Å². The molecule has 1 aromatic rings. The summed E-state index contributed by atoms with van der Waals surface area (Å²) in [6.45, 7) is 5.44. The molecule has 20 heavy (non-hydrogen) atoms. The van der Waals surface area contributed by atoms with Gasteiger partial charge in [-0.05, 0) is 12.8 Å². The molecule has 0 unspecified atom stereocenters. The molecule has 0 spiro atoms. The Bertz CT molecular complexity index is 395. The normalized spacial score (nSPS) is 12.1. The number of carbonyl (C=O) groups is 1. The molecule has 1 heterocycles. The molecule has 1 aromatic heterocycles. The predicted octanol–water partition coefficient (Wildman–Crippen LogP) is 2.03. The van der Waals surface area contributed by atoms with Crippen molar-refractivity contribution in [3.05, 3.63) is 18.0 Å². The van der Waals surface area contributed by atoms with E-state index in [1.807, 2.05) is 0 Å². The molecule has 6 nitrogen and oxygen atoms in total. The monoisotopic (exact) mass is 280 g/mol. The third kappa shape index (κ3) is 5.97. The lowest BCUT2D eigenvalue weighted by molar-refractivity contribution is -0.139. The van der Waals surface area contributed by atoms with Crippen molar-refractivity contribution in [1.29, 1.82) is 0 Å². The number of unbranched alkanes of at least 4 members (excludes halogenated alkanes) is 1. The van der Waals surface area contributed by atoms with E-state index in [0.717, 1.165) is 31.4 Å². The van der Waals surface area contributed by atoms with Gasteiger partial charge in [0.15, 0.2) is 0 Å². The fraction of sp³-hybridized carbons (Fsp3) is 0.643. The molecule has 0 aliphatic carbocycles. The minimum atomic E-state index is -0.805. The van der Waals surface area contributed by atoms with E-state index in [-0.39, 0.29) is 0 Å². The van der Waals surface area contributed by atoms with Gasteiger partial charge in [-0.1, -0.05) is 26.7 Å². The molecule has 0 bridgehead atoms. The number of hydrogen-bond acceptors (Lipinski definition) is 5. The highest BCUT2D eigenvalue weighted by molar-refractivity contribution is 5.73. The van der Waals surface area contributed by atoms with Crippen LogP contribution in [0.3, 0.4) is 0 Å². The predicted molar refractivity (Wildman–Crippen MR) is 78.6 cm³/mol. The molecule has 0 aliphatic heterocycles. The molecule has 6 heteroatoms. The Labute approximate surface area is 120 Å². The lowest BCUT2D eigenvalue weighted by Crippen LogP contribution is -2.36. The lowest BCUT2D eigenvalue weighted by Gasteiger charge is -2.13. The number of anilines is 1. The topological polar surface area (TPSA) is 87.1 Å². The van der Waals surface area contributed by atoms with Crippen LogP contribution in [0.5, 0.6) is 0 Å². The summed E-state index contributed by atoms with van der Waals surface area (Å²) in [5, 5.41) is 15.2. The maximum Gasteiger partial charge on any atom is 0.320 e. The summed E-state index contributed by atoms with van der Waals surface area (Å²) < 4.78 is 0. The van der Waals surface area contributed by atoms with E-state index in [1.165, 1.54) is 0 Å². The third-order valence-corrected chi connectivity index (χ3v) is 2.94. The van der Waals surface area contributed by atoms with Crippen molar-refractivity contribution < 1.29 is 9.90 Å². The molecule has 0 aliphatic rings. The number of hydrogen-bond donors (Lipinski definition) is 3. The molecule has 1 atom stereocenters. The van der Waals surface area contributed by atoms with Crippen molar-refractivity contribution in [1.82, 2.24) is 15.3 Å². The molecule has 0 amide bonds. The van der Waals surface area contributed by atoms with E-state index in [4.69, 9.17) is 5.11 Å². The van der Waals surface area contributed by atoms with E-state index >= 15 is 0 Å². The number of aromatic nitrogens is 2. The van der Waals surface area contributed by atoms with Crippen LogP contribution in [0.25, 0.3) is 0 Å². The van der Waals surface area contributed by atoms with Gasteiger partial charge in [-0.2, -0.15) is 0 Å². The van der Waals surface area contributed by atoms with Gasteiger partial charge in [0.05, 0.1) is 0 Å². The Balaban J connectivity index is 2.44. The summed E-state index contributed by atoms with van der Waals surface area (Å²) in [5.41, 5.74) is 0.884. The van der Waals surface area contributed by atoms with Crippen LogP contribution in [0.4, 0.5) is 5.95 Å². The highest BCUT2D eigenvalue weighted by atomic mass is 16.4. The number of nitrogens with zero attached hydrogens (tertiary/aromatic N) is 2. The smallest absolute Gasteiger partial charge is 0.320 e. The van der Waals surface area contributed by atoms with E-state index in [9.17, 15) is 4.79 Å². The van der Waals surface area contributed by atoms with Crippen LogP contribution >= 0.6 is 0 Å². The Morgan fingerprint density at radius 1 is 1.30 bits per heavy atom. The number of nitrogens with one attached hydrogen (secondary N) is 2. The fourth-order valence-electron chi connectivity index (χ4n) is 1.74. The maximum absolute atomic E-state index is 11.1. The number of carboxylic acid groups (broad SMARTS) is 1. The minimum Gasteiger partial charge on any atom is -0.480 e. The van der Waals surface area contributed by atoms with Gasteiger partial charge in [0, 0.05) is 31.0 Å². The van der Waals surface area contributed by atoms with E-state index in [0.29, 0.717) is 18.9 Å². The molecule has 112 valence electrons. The zero-order chi connectivity index (χ0) is 14.8. The second-order valence-electron chi connectivity index (χ2n) is 4.76. The standard InChI is InChI=1S/C14H24N4O2/c1-3-5-6-12(13(19)20)16-8-11-9-17-14(18-10-11)15-7-4-2/h9-10,12,16H,3-8H2,1-2H3,(H,19,20)(H,15,17,18)/t12-/m0/s1. The Hall–Kier alpha value is -1.69. The highest BCUT2D eigenvalue weighted by Crippen LogP contribution is 2.04. The van der Waals surface area contributed by atoms with E-state index in [2.05, 4.69) is 34.4 Å². The summed E-state index contributed by atoms with van der Waals surface area (Å²) >= 11 is 0. The summed E-state index contributed by atoms with van der Waals surface area (Å²) in [4.78, 5) is 19.5. The maximum atomic E-state index is 11.1. The van der Waals surface area contributed by atoms with Crippen molar-refractivity contribution in [2.24, 2.45) is 0 Å². The first-order valence-electron chi connectivity index (χ1n) is 7.18. The summed E-state index contributed by atoms with van der Waals surface area (Å²) in [7, 11) is 0.